The molecule has 1 heterocycles. The molecule has 0 saturated heterocycles. The lowest BCUT2D eigenvalue weighted by Crippen LogP contribution is -2.20. The third kappa shape index (κ3) is 5.23. The van der Waals surface area contributed by atoms with E-state index in [4.69, 9.17) is 5.73 Å². The van der Waals surface area contributed by atoms with E-state index in [1.165, 1.54) is 11.1 Å². The van der Waals surface area contributed by atoms with Gasteiger partial charge in [-0.15, -0.1) is 0 Å². The summed E-state index contributed by atoms with van der Waals surface area (Å²) in [6.07, 6.45) is 9.19. The molecule has 0 spiro atoms. The van der Waals surface area contributed by atoms with E-state index in [0.717, 1.165) is 32.1 Å². The Morgan fingerprint density at radius 1 is 0.895 bits per heavy atom. The van der Waals surface area contributed by atoms with Gasteiger partial charge in [-0.1, -0.05) is 36.4 Å². The van der Waals surface area contributed by atoms with Gasteiger partial charge in [0.15, 0.2) is 0 Å². The van der Waals surface area contributed by atoms with Crippen LogP contribution in [0.2, 0.25) is 0 Å². The summed E-state index contributed by atoms with van der Waals surface area (Å²) in [6.45, 7) is 0. The zero-order chi connectivity index (χ0) is 13.3. The van der Waals surface area contributed by atoms with Gasteiger partial charge in [-0.25, -0.2) is 0 Å². The van der Waals surface area contributed by atoms with Gasteiger partial charge in [0.2, 0.25) is 0 Å². The molecule has 1 aromatic heterocycles. The topological polar surface area (TPSA) is 38.9 Å². The lowest BCUT2D eigenvalue weighted by molar-refractivity contribution is 0.545. The first kappa shape index (κ1) is 13.8. The predicted molar refractivity (Wildman–Crippen MR) is 79.9 cm³/mol. The van der Waals surface area contributed by atoms with Crippen LogP contribution in [0.15, 0.2) is 54.9 Å². The second-order valence-electron chi connectivity index (χ2n) is 5.04. The zero-order valence-corrected chi connectivity index (χ0v) is 11.3. The monoisotopic (exact) mass is 254 g/mol. The average molecular weight is 254 g/mol. The maximum atomic E-state index is 6.17. The number of rotatable bonds is 7. The Hall–Kier alpha value is -1.67. The van der Waals surface area contributed by atoms with Crippen LogP contribution in [0.1, 0.15) is 30.4 Å². The molecule has 0 aliphatic heterocycles. The third-order valence-corrected chi connectivity index (χ3v) is 3.41. The number of benzene rings is 1. The van der Waals surface area contributed by atoms with Crippen LogP contribution in [-0.4, -0.2) is 11.0 Å². The molecule has 0 aliphatic carbocycles. The smallest absolute Gasteiger partial charge is 0.0299 e. The molecule has 0 aliphatic rings. The second kappa shape index (κ2) is 7.70. The molecular weight excluding hydrogens is 232 g/mol. The molecule has 1 atom stereocenters. The van der Waals surface area contributed by atoms with Gasteiger partial charge in [-0.2, -0.15) is 0 Å². The van der Waals surface area contributed by atoms with Crippen molar-refractivity contribution < 1.29 is 0 Å². The number of pyridine rings is 1. The number of hydrogen-bond acceptors (Lipinski definition) is 2. The van der Waals surface area contributed by atoms with E-state index in [0.29, 0.717) is 6.04 Å². The first-order valence-electron chi connectivity index (χ1n) is 7.03. The van der Waals surface area contributed by atoms with Crippen LogP contribution in [0.4, 0.5) is 0 Å². The first-order valence-corrected chi connectivity index (χ1v) is 7.03. The van der Waals surface area contributed by atoms with E-state index in [9.17, 15) is 0 Å². The van der Waals surface area contributed by atoms with Crippen molar-refractivity contribution in [2.45, 2.75) is 38.1 Å². The minimum absolute atomic E-state index is 0.295. The van der Waals surface area contributed by atoms with E-state index in [1.807, 2.05) is 18.5 Å². The number of aromatic nitrogens is 1. The van der Waals surface area contributed by atoms with Crippen LogP contribution in [0, 0.1) is 0 Å². The molecular formula is C17H22N2. The highest BCUT2D eigenvalue weighted by Crippen LogP contribution is 2.09. The summed E-state index contributed by atoms with van der Waals surface area (Å²) in [5.41, 5.74) is 8.85. The largest absolute Gasteiger partial charge is 0.328 e. The van der Waals surface area contributed by atoms with Gasteiger partial charge in [0, 0.05) is 18.4 Å². The normalized spacial score (nSPS) is 12.3. The van der Waals surface area contributed by atoms with Crippen LogP contribution < -0.4 is 5.73 Å². The molecule has 2 heteroatoms. The minimum atomic E-state index is 0.295. The standard InChI is InChI=1S/C17H22N2/c18-17(12-11-16-9-5-13-19-14-16)10-4-8-15-6-2-1-3-7-15/h1-3,5-7,9,13-14,17H,4,8,10-12,18H2. The molecule has 2 rings (SSSR count). The van der Waals surface area contributed by atoms with Gasteiger partial charge in [0.25, 0.3) is 0 Å². The Bertz CT molecular complexity index is 453. The number of aryl methyl sites for hydroxylation is 2. The Kier molecular flexibility index (Phi) is 5.57. The highest BCUT2D eigenvalue weighted by atomic mass is 14.6. The fourth-order valence-corrected chi connectivity index (χ4v) is 2.26. The number of hydrogen-bond donors (Lipinski definition) is 1. The van der Waals surface area contributed by atoms with Gasteiger partial charge in [-0.3, -0.25) is 4.98 Å². The molecule has 19 heavy (non-hydrogen) atoms. The summed E-state index contributed by atoms with van der Waals surface area (Å²) in [6, 6.07) is 15.0. The molecule has 2 aromatic rings. The Labute approximate surface area is 115 Å². The van der Waals surface area contributed by atoms with Crippen LogP contribution >= 0.6 is 0 Å². The fraction of sp³-hybridized carbons (Fsp3) is 0.353. The van der Waals surface area contributed by atoms with E-state index < -0.39 is 0 Å². The third-order valence-electron chi connectivity index (χ3n) is 3.41. The minimum Gasteiger partial charge on any atom is -0.328 e. The highest BCUT2D eigenvalue weighted by molar-refractivity contribution is 5.14. The van der Waals surface area contributed by atoms with Crippen molar-refractivity contribution in [3.63, 3.8) is 0 Å². The van der Waals surface area contributed by atoms with E-state index in [2.05, 4.69) is 41.4 Å². The lowest BCUT2D eigenvalue weighted by Gasteiger charge is -2.11. The quantitative estimate of drug-likeness (QED) is 0.822. The van der Waals surface area contributed by atoms with Crippen molar-refractivity contribution in [3.05, 3.63) is 66.0 Å². The van der Waals surface area contributed by atoms with Gasteiger partial charge in [0.05, 0.1) is 0 Å². The SMILES string of the molecule is NC(CCCc1ccccc1)CCc1cccnc1. The fourth-order valence-electron chi connectivity index (χ4n) is 2.26. The van der Waals surface area contributed by atoms with Crippen LogP contribution in [0.25, 0.3) is 0 Å². The van der Waals surface area contributed by atoms with Crippen LogP contribution in [-0.2, 0) is 12.8 Å². The molecule has 2 nitrogen and oxygen atoms in total. The van der Waals surface area contributed by atoms with Crippen molar-refractivity contribution >= 4 is 0 Å². The summed E-state index contributed by atoms with van der Waals surface area (Å²) in [5.74, 6) is 0. The van der Waals surface area contributed by atoms with Crippen LogP contribution in [0.3, 0.4) is 0 Å². The van der Waals surface area contributed by atoms with E-state index in [1.54, 1.807) is 0 Å². The number of nitrogens with two attached hydrogens (primary N) is 1. The van der Waals surface area contributed by atoms with Gasteiger partial charge in [0.1, 0.15) is 0 Å². The van der Waals surface area contributed by atoms with Crippen molar-refractivity contribution in [1.29, 1.82) is 0 Å². The molecule has 0 bridgehead atoms. The highest BCUT2D eigenvalue weighted by Gasteiger charge is 2.03. The van der Waals surface area contributed by atoms with Crippen molar-refractivity contribution in [2.75, 3.05) is 0 Å². The van der Waals surface area contributed by atoms with Gasteiger partial charge in [-0.05, 0) is 49.3 Å². The summed E-state index contributed by atoms with van der Waals surface area (Å²) >= 11 is 0. The molecule has 0 saturated carbocycles. The maximum absolute atomic E-state index is 6.17. The average Bonchev–Trinajstić information content (AvgIpc) is 2.47. The number of nitrogens with zero attached hydrogens (tertiary/aromatic N) is 1. The van der Waals surface area contributed by atoms with Crippen molar-refractivity contribution in [3.8, 4) is 0 Å². The molecule has 1 aromatic carbocycles. The van der Waals surface area contributed by atoms with E-state index in [-0.39, 0.29) is 0 Å². The molecule has 100 valence electrons. The Balaban J connectivity index is 1.64. The van der Waals surface area contributed by atoms with Crippen molar-refractivity contribution in [2.24, 2.45) is 5.73 Å². The molecule has 1 unspecified atom stereocenters. The van der Waals surface area contributed by atoms with Gasteiger partial charge < -0.3 is 5.73 Å². The summed E-state index contributed by atoms with van der Waals surface area (Å²) in [7, 11) is 0. The maximum Gasteiger partial charge on any atom is 0.0299 e. The predicted octanol–water partition coefficient (Wildman–Crippen LogP) is 3.36. The Morgan fingerprint density at radius 3 is 2.42 bits per heavy atom. The summed E-state index contributed by atoms with van der Waals surface area (Å²) < 4.78 is 0. The van der Waals surface area contributed by atoms with E-state index >= 15 is 0 Å². The Morgan fingerprint density at radius 2 is 1.68 bits per heavy atom. The second-order valence-corrected chi connectivity index (χ2v) is 5.04. The molecule has 0 amide bonds. The summed E-state index contributed by atoms with van der Waals surface area (Å²) in [4.78, 5) is 4.12. The molecule has 2 N–H and O–H groups in total. The molecule has 0 fully saturated rings. The zero-order valence-electron chi connectivity index (χ0n) is 11.3. The van der Waals surface area contributed by atoms with Crippen molar-refractivity contribution in [1.82, 2.24) is 4.98 Å². The first-order chi connectivity index (χ1) is 9.34. The van der Waals surface area contributed by atoms with Gasteiger partial charge >= 0.3 is 0 Å². The lowest BCUT2D eigenvalue weighted by atomic mass is 10.0. The summed E-state index contributed by atoms with van der Waals surface area (Å²) in [5, 5.41) is 0. The molecule has 0 radical (unpaired) electrons. The van der Waals surface area contributed by atoms with Crippen LogP contribution in [0.5, 0.6) is 0 Å².